The molecule has 0 saturated heterocycles. The maximum absolute atomic E-state index is 13.2. The smallest absolute Gasteiger partial charge is 0.266 e. The molecule has 166 valence electrons. The van der Waals surface area contributed by atoms with Crippen LogP contribution < -0.4 is 14.4 Å². The van der Waals surface area contributed by atoms with Crippen molar-refractivity contribution < 1.29 is 14.3 Å². The SMILES string of the molecule is COc1ccc(OCC(=O)N(CCCn2ccnc2)c2nc3c(C)ccc(C)c3s2)cc1. The summed E-state index contributed by atoms with van der Waals surface area (Å²) in [5, 5.41) is 0.700. The van der Waals surface area contributed by atoms with Gasteiger partial charge in [0.1, 0.15) is 11.5 Å². The van der Waals surface area contributed by atoms with E-state index in [0.29, 0.717) is 17.4 Å². The molecule has 0 aliphatic rings. The van der Waals surface area contributed by atoms with Gasteiger partial charge in [-0.15, -0.1) is 0 Å². The van der Waals surface area contributed by atoms with Gasteiger partial charge in [-0.25, -0.2) is 9.97 Å². The van der Waals surface area contributed by atoms with E-state index in [-0.39, 0.29) is 12.5 Å². The molecule has 2 aromatic carbocycles. The van der Waals surface area contributed by atoms with Crippen molar-refractivity contribution in [2.75, 3.05) is 25.2 Å². The molecule has 4 aromatic rings. The van der Waals surface area contributed by atoms with E-state index in [1.165, 1.54) is 0 Å². The number of amides is 1. The number of aromatic nitrogens is 3. The lowest BCUT2D eigenvalue weighted by Crippen LogP contribution is -2.36. The number of imidazole rings is 1. The molecule has 0 spiro atoms. The Bertz CT molecular complexity index is 1150. The van der Waals surface area contributed by atoms with E-state index < -0.39 is 0 Å². The first-order chi connectivity index (χ1) is 15.5. The Morgan fingerprint density at radius 2 is 1.84 bits per heavy atom. The first-order valence-electron chi connectivity index (χ1n) is 10.4. The van der Waals surface area contributed by atoms with Crippen LogP contribution in [0.1, 0.15) is 17.5 Å². The first kappa shape index (κ1) is 21.8. The minimum atomic E-state index is -0.124. The third-order valence-corrected chi connectivity index (χ3v) is 6.46. The fraction of sp³-hybridized carbons (Fsp3) is 0.292. The highest BCUT2D eigenvalue weighted by Gasteiger charge is 2.21. The molecule has 0 atom stereocenters. The minimum Gasteiger partial charge on any atom is -0.497 e. The molecule has 0 unspecified atom stereocenters. The third kappa shape index (κ3) is 4.91. The van der Waals surface area contributed by atoms with E-state index >= 15 is 0 Å². The number of benzene rings is 2. The van der Waals surface area contributed by atoms with Crippen molar-refractivity contribution in [1.82, 2.24) is 14.5 Å². The molecule has 7 nitrogen and oxygen atoms in total. The second-order valence-corrected chi connectivity index (χ2v) is 8.51. The largest absolute Gasteiger partial charge is 0.497 e. The molecule has 2 heterocycles. The zero-order chi connectivity index (χ0) is 22.5. The van der Waals surface area contributed by atoms with Crippen molar-refractivity contribution in [3.8, 4) is 11.5 Å². The molecule has 4 rings (SSSR count). The number of anilines is 1. The summed E-state index contributed by atoms with van der Waals surface area (Å²) in [4.78, 5) is 23.8. The fourth-order valence-corrected chi connectivity index (χ4v) is 4.57. The minimum absolute atomic E-state index is 0.0642. The number of carbonyl (C=O) groups is 1. The van der Waals surface area contributed by atoms with E-state index in [2.05, 4.69) is 24.0 Å². The van der Waals surface area contributed by atoms with Crippen LogP contribution in [-0.2, 0) is 11.3 Å². The summed E-state index contributed by atoms with van der Waals surface area (Å²) >= 11 is 1.55. The molecule has 0 fully saturated rings. The molecule has 8 heteroatoms. The van der Waals surface area contributed by atoms with Gasteiger partial charge in [-0.1, -0.05) is 23.5 Å². The third-order valence-electron chi connectivity index (χ3n) is 5.24. The molecular formula is C24H26N4O3S. The summed E-state index contributed by atoms with van der Waals surface area (Å²) in [7, 11) is 1.61. The number of rotatable bonds is 9. The van der Waals surface area contributed by atoms with Crippen LogP contribution in [0, 0.1) is 13.8 Å². The van der Waals surface area contributed by atoms with E-state index in [0.717, 1.165) is 40.1 Å². The number of hydrogen-bond donors (Lipinski definition) is 0. The molecule has 0 bridgehead atoms. The lowest BCUT2D eigenvalue weighted by Gasteiger charge is -2.20. The molecular weight excluding hydrogens is 424 g/mol. The monoisotopic (exact) mass is 450 g/mol. The molecule has 0 radical (unpaired) electrons. The van der Waals surface area contributed by atoms with Gasteiger partial charge in [0.15, 0.2) is 11.7 Å². The molecule has 0 aliphatic carbocycles. The Labute approximate surface area is 191 Å². The maximum atomic E-state index is 13.2. The first-order valence-corrected chi connectivity index (χ1v) is 11.3. The van der Waals surface area contributed by atoms with Crippen molar-refractivity contribution in [2.45, 2.75) is 26.8 Å². The van der Waals surface area contributed by atoms with Crippen LogP contribution in [0.4, 0.5) is 5.13 Å². The topological polar surface area (TPSA) is 69.5 Å². The maximum Gasteiger partial charge on any atom is 0.266 e. The highest BCUT2D eigenvalue weighted by atomic mass is 32.1. The van der Waals surface area contributed by atoms with Crippen molar-refractivity contribution in [3.63, 3.8) is 0 Å². The number of fused-ring (bicyclic) bond motifs is 1. The summed E-state index contributed by atoms with van der Waals surface area (Å²) in [6, 6.07) is 11.4. The standard InChI is InChI=1S/C24H26N4O3S/c1-17-5-6-18(2)23-22(17)26-24(32-23)28(13-4-12-27-14-11-25-16-27)21(29)15-31-20-9-7-19(30-3)8-10-20/h5-11,14,16H,4,12-13,15H2,1-3H3. The van der Waals surface area contributed by atoms with Gasteiger partial charge >= 0.3 is 0 Å². The Kier molecular flexibility index (Phi) is 6.70. The molecule has 0 saturated carbocycles. The van der Waals surface area contributed by atoms with Gasteiger partial charge in [0, 0.05) is 25.5 Å². The quantitative estimate of drug-likeness (QED) is 0.372. The second-order valence-electron chi connectivity index (χ2n) is 7.54. The predicted octanol–water partition coefficient (Wildman–Crippen LogP) is 4.62. The number of aryl methyl sites for hydroxylation is 3. The van der Waals surface area contributed by atoms with Crippen LogP contribution in [0.15, 0.2) is 55.1 Å². The lowest BCUT2D eigenvalue weighted by molar-refractivity contribution is -0.120. The summed E-state index contributed by atoms with van der Waals surface area (Å²) < 4.78 is 14.0. The van der Waals surface area contributed by atoms with E-state index in [4.69, 9.17) is 14.5 Å². The van der Waals surface area contributed by atoms with Gasteiger partial charge in [0.25, 0.3) is 5.91 Å². The highest BCUT2D eigenvalue weighted by molar-refractivity contribution is 7.22. The van der Waals surface area contributed by atoms with Crippen LogP contribution in [0.25, 0.3) is 10.2 Å². The van der Waals surface area contributed by atoms with E-state index in [9.17, 15) is 4.79 Å². The van der Waals surface area contributed by atoms with Crippen molar-refractivity contribution in [1.29, 1.82) is 0 Å². The van der Waals surface area contributed by atoms with Gasteiger partial charge in [-0.2, -0.15) is 0 Å². The number of nitrogens with zero attached hydrogens (tertiary/aromatic N) is 4. The molecule has 0 aliphatic heterocycles. The van der Waals surface area contributed by atoms with Crippen LogP contribution >= 0.6 is 11.3 Å². The lowest BCUT2D eigenvalue weighted by atomic mass is 10.1. The summed E-state index contributed by atoms with van der Waals surface area (Å²) in [5.41, 5.74) is 3.22. The zero-order valence-electron chi connectivity index (χ0n) is 18.4. The number of ether oxygens (including phenoxy) is 2. The van der Waals surface area contributed by atoms with Crippen LogP contribution in [-0.4, -0.2) is 40.7 Å². The van der Waals surface area contributed by atoms with Crippen LogP contribution in [0.3, 0.4) is 0 Å². The number of carbonyl (C=O) groups excluding carboxylic acids is 1. The fourth-order valence-electron chi connectivity index (χ4n) is 3.42. The van der Waals surface area contributed by atoms with Gasteiger partial charge in [0.05, 0.1) is 23.7 Å². The summed E-state index contributed by atoms with van der Waals surface area (Å²) in [6.45, 7) is 5.36. The van der Waals surface area contributed by atoms with Crippen molar-refractivity contribution in [2.24, 2.45) is 0 Å². The number of thiazole rings is 1. The summed E-state index contributed by atoms with van der Waals surface area (Å²) in [6.07, 6.45) is 6.23. The number of hydrogen-bond acceptors (Lipinski definition) is 6. The average molecular weight is 451 g/mol. The zero-order valence-corrected chi connectivity index (χ0v) is 19.3. The summed E-state index contributed by atoms with van der Waals surface area (Å²) in [5.74, 6) is 1.24. The Morgan fingerprint density at radius 1 is 1.09 bits per heavy atom. The Morgan fingerprint density at radius 3 is 2.53 bits per heavy atom. The van der Waals surface area contributed by atoms with Gasteiger partial charge < -0.3 is 14.0 Å². The molecule has 1 amide bonds. The normalized spacial score (nSPS) is 11.0. The average Bonchev–Trinajstić information content (AvgIpc) is 3.49. The van der Waals surface area contributed by atoms with Crippen LogP contribution in [0.2, 0.25) is 0 Å². The van der Waals surface area contributed by atoms with Crippen molar-refractivity contribution >= 4 is 32.6 Å². The van der Waals surface area contributed by atoms with Crippen molar-refractivity contribution in [3.05, 3.63) is 66.2 Å². The molecule has 32 heavy (non-hydrogen) atoms. The number of methoxy groups -OCH3 is 1. The van der Waals surface area contributed by atoms with Crippen LogP contribution in [0.5, 0.6) is 11.5 Å². The van der Waals surface area contributed by atoms with Gasteiger partial charge in [-0.05, 0) is 55.7 Å². The Hall–Kier alpha value is -3.39. The molecule has 2 aromatic heterocycles. The molecule has 0 N–H and O–H groups in total. The second kappa shape index (κ2) is 9.82. The predicted molar refractivity (Wildman–Crippen MR) is 127 cm³/mol. The Balaban J connectivity index is 1.52. The van der Waals surface area contributed by atoms with Gasteiger partial charge in [-0.3, -0.25) is 9.69 Å². The highest BCUT2D eigenvalue weighted by Crippen LogP contribution is 2.33. The van der Waals surface area contributed by atoms with E-state index in [1.807, 2.05) is 29.8 Å². The van der Waals surface area contributed by atoms with Gasteiger partial charge in [0.2, 0.25) is 0 Å². The van der Waals surface area contributed by atoms with E-state index in [1.54, 1.807) is 48.0 Å².